The van der Waals surface area contributed by atoms with Gasteiger partial charge in [-0.1, -0.05) is 20.3 Å². The summed E-state index contributed by atoms with van der Waals surface area (Å²) in [5.41, 5.74) is 5.40. The average molecular weight is 397 g/mol. The first-order valence-corrected chi connectivity index (χ1v) is 9.67. The predicted octanol–water partition coefficient (Wildman–Crippen LogP) is 3.51. The third kappa shape index (κ3) is 3.51. The smallest absolute Gasteiger partial charge is 0.341 e. The highest BCUT2D eigenvalue weighted by Gasteiger charge is 2.69. The molecule has 27 heavy (non-hydrogen) atoms. The van der Waals surface area contributed by atoms with Gasteiger partial charge in [0.25, 0.3) is 5.79 Å². The molecule has 1 saturated carbocycles. The monoisotopic (exact) mass is 397 g/mol. The van der Waals surface area contributed by atoms with Crippen LogP contribution < -0.4 is 5.73 Å². The molecule has 0 amide bonds. The second kappa shape index (κ2) is 7.42. The summed E-state index contributed by atoms with van der Waals surface area (Å²) in [7, 11) is 0. The van der Waals surface area contributed by atoms with Crippen molar-refractivity contribution in [2.45, 2.75) is 70.5 Å². The van der Waals surface area contributed by atoms with Crippen LogP contribution >= 0.6 is 0 Å². The van der Waals surface area contributed by atoms with E-state index in [2.05, 4.69) is 11.8 Å². The minimum absolute atomic E-state index is 0.0509. The summed E-state index contributed by atoms with van der Waals surface area (Å²) in [5, 5.41) is 9.30. The quantitative estimate of drug-likeness (QED) is 0.558. The summed E-state index contributed by atoms with van der Waals surface area (Å²) in [6.45, 7) is 4.85. The highest BCUT2D eigenvalue weighted by molar-refractivity contribution is 5.02. The van der Waals surface area contributed by atoms with Gasteiger partial charge in [0.2, 0.25) is 5.79 Å². The van der Waals surface area contributed by atoms with Crippen molar-refractivity contribution in [1.82, 2.24) is 0 Å². The average Bonchev–Trinajstić information content (AvgIpc) is 2.75. The van der Waals surface area contributed by atoms with Crippen molar-refractivity contribution in [2.75, 3.05) is 13.2 Å². The van der Waals surface area contributed by atoms with E-state index in [0.717, 1.165) is 6.42 Å². The van der Waals surface area contributed by atoms with Crippen LogP contribution in [0.1, 0.15) is 46.5 Å². The summed E-state index contributed by atoms with van der Waals surface area (Å²) >= 11 is 0. The van der Waals surface area contributed by atoms with Crippen molar-refractivity contribution in [1.29, 1.82) is 0 Å². The third-order valence-electron chi connectivity index (χ3n) is 6.84. The second-order valence-electron chi connectivity index (χ2n) is 8.42. The fourth-order valence-electron chi connectivity index (χ4n) is 5.35. The zero-order valence-corrected chi connectivity index (χ0v) is 16.0. The molecule has 1 aliphatic carbocycles. The normalized spacial score (nSPS) is 48.0. The van der Waals surface area contributed by atoms with Crippen molar-refractivity contribution in [3.05, 3.63) is 0 Å². The summed E-state index contributed by atoms with van der Waals surface area (Å²) in [4.78, 5) is 4.51. The molecule has 2 heterocycles. The van der Waals surface area contributed by atoms with Crippen LogP contribution in [0.2, 0.25) is 0 Å². The molecule has 158 valence electrons. The number of alkyl halides is 3. The predicted molar refractivity (Wildman–Crippen MR) is 89.1 cm³/mol. The first kappa shape index (κ1) is 21.3. The molecule has 1 unspecified atom stereocenters. The summed E-state index contributed by atoms with van der Waals surface area (Å²) < 4.78 is 59.2. The highest BCUT2D eigenvalue weighted by atomic mass is 19.4. The van der Waals surface area contributed by atoms with Gasteiger partial charge in [0, 0.05) is 24.8 Å². The molecule has 3 rings (SSSR count). The number of hydrogen-bond donors (Lipinski definition) is 2. The topological polar surface area (TPSA) is 83.2 Å². The van der Waals surface area contributed by atoms with Gasteiger partial charge in [-0.05, 0) is 37.5 Å². The number of ether oxygens (including phenoxy) is 3. The molecule has 6 nitrogen and oxygen atoms in total. The van der Waals surface area contributed by atoms with E-state index in [4.69, 9.17) is 19.9 Å². The number of halogens is 3. The summed E-state index contributed by atoms with van der Waals surface area (Å²) in [6, 6.07) is 0. The lowest BCUT2D eigenvalue weighted by Crippen LogP contribution is -2.66. The van der Waals surface area contributed by atoms with E-state index < -0.39 is 30.0 Å². The number of nitrogens with two attached hydrogens (primary N) is 1. The molecule has 3 N–H and O–H groups in total. The Morgan fingerprint density at radius 3 is 2.44 bits per heavy atom. The molecule has 2 saturated heterocycles. The van der Waals surface area contributed by atoms with Gasteiger partial charge in [-0.3, -0.25) is 0 Å². The van der Waals surface area contributed by atoms with Gasteiger partial charge in [-0.15, -0.1) is 0 Å². The lowest BCUT2D eigenvalue weighted by Gasteiger charge is -2.56. The fourth-order valence-corrected chi connectivity index (χ4v) is 5.35. The van der Waals surface area contributed by atoms with Crippen molar-refractivity contribution >= 4 is 0 Å². The van der Waals surface area contributed by atoms with Crippen LogP contribution in [-0.4, -0.2) is 42.4 Å². The van der Waals surface area contributed by atoms with Crippen LogP contribution in [0.25, 0.3) is 0 Å². The lowest BCUT2D eigenvalue weighted by atomic mass is 9.59. The van der Waals surface area contributed by atoms with Crippen LogP contribution in [-0.2, 0) is 19.1 Å². The molecular formula is C18H30F3NO5. The SMILES string of the molecule is C[C@@H]1CC[C@@H]2C3[C@@H](O[C@](C)(OO)CC[C@H]31)O[C@@](OCCN)(C(F)(F)F)[C@@H]2C. The van der Waals surface area contributed by atoms with Crippen LogP contribution in [0.5, 0.6) is 0 Å². The molecular weight excluding hydrogens is 367 g/mol. The zero-order chi connectivity index (χ0) is 20.0. The molecule has 8 atom stereocenters. The molecule has 0 spiro atoms. The number of hydrogen-bond acceptors (Lipinski definition) is 6. The Morgan fingerprint density at radius 2 is 1.85 bits per heavy atom. The minimum Gasteiger partial charge on any atom is -0.341 e. The lowest BCUT2D eigenvalue weighted by molar-refractivity contribution is -0.494. The minimum atomic E-state index is -4.75. The van der Waals surface area contributed by atoms with E-state index in [1.54, 1.807) is 6.92 Å². The van der Waals surface area contributed by atoms with Crippen LogP contribution in [0.3, 0.4) is 0 Å². The molecule has 0 bridgehead atoms. The Kier molecular flexibility index (Phi) is 5.85. The molecule has 0 radical (unpaired) electrons. The van der Waals surface area contributed by atoms with Crippen molar-refractivity contribution < 1.29 is 37.5 Å². The Balaban J connectivity index is 2.03. The van der Waals surface area contributed by atoms with Crippen LogP contribution in [0, 0.1) is 29.6 Å². The highest BCUT2D eigenvalue weighted by Crippen LogP contribution is 2.59. The molecule has 3 fully saturated rings. The van der Waals surface area contributed by atoms with Crippen molar-refractivity contribution in [2.24, 2.45) is 35.3 Å². The first-order chi connectivity index (χ1) is 12.6. The van der Waals surface area contributed by atoms with Gasteiger partial charge in [-0.25, -0.2) is 10.1 Å². The molecule has 2 aliphatic heterocycles. The van der Waals surface area contributed by atoms with Gasteiger partial charge >= 0.3 is 6.18 Å². The molecule has 3 aliphatic rings. The fraction of sp³-hybridized carbons (Fsp3) is 1.00. The maximum Gasteiger partial charge on any atom is 0.443 e. The first-order valence-electron chi connectivity index (χ1n) is 9.67. The maximum absolute atomic E-state index is 14.2. The summed E-state index contributed by atoms with van der Waals surface area (Å²) in [5.74, 6) is -5.12. The Morgan fingerprint density at radius 1 is 1.15 bits per heavy atom. The third-order valence-corrected chi connectivity index (χ3v) is 6.84. The van der Waals surface area contributed by atoms with E-state index in [9.17, 15) is 18.4 Å². The zero-order valence-electron chi connectivity index (χ0n) is 16.0. The van der Waals surface area contributed by atoms with E-state index in [0.29, 0.717) is 25.2 Å². The van der Waals surface area contributed by atoms with Crippen molar-refractivity contribution in [3.8, 4) is 0 Å². The van der Waals surface area contributed by atoms with E-state index in [-0.39, 0.29) is 30.9 Å². The largest absolute Gasteiger partial charge is 0.443 e. The van der Waals surface area contributed by atoms with Crippen LogP contribution in [0.4, 0.5) is 13.2 Å². The van der Waals surface area contributed by atoms with Gasteiger partial charge < -0.3 is 19.9 Å². The molecule has 0 aromatic rings. The van der Waals surface area contributed by atoms with Gasteiger partial charge in [0.15, 0.2) is 6.29 Å². The Labute approximate surface area is 157 Å². The van der Waals surface area contributed by atoms with Gasteiger partial charge in [-0.2, -0.15) is 13.2 Å². The van der Waals surface area contributed by atoms with Gasteiger partial charge in [0.1, 0.15) is 0 Å². The molecule has 9 heteroatoms. The Hall–Kier alpha value is -0.450. The van der Waals surface area contributed by atoms with E-state index >= 15 is 0 Å². The number of rotatable bonds is 4. The van der Waals surface area contributed by atoms with E-state index in [1.165, 1.54) is 6.92 Å². The van der Waals surface area contributed by atoms with E-state index in [1.807, 2.05) is 0 Å². The summed E-state index contributed by atoms with van der Waals surface area (Å²) in [6.07, 6.45) is -3.39. The van der Waals surface area contributed by atoms with Gasteiger partial charge in [0.05, 0.1) is 6.61 Å². The van der Waals surface area contributed by atoms with Crippen molar-refractivity contribution in [3.63, 3.8) is 0 Å². The Bertz CT molecular complexity index is 536. The maximum atomic E-state index is 14.2. The molecule has 0 aromatic heterocycles. The molecule has 0 aromatic carbocycles. The van der Waals surface area contributed by atoms with Crippen LogP contribution in [0.15, 0.2) is 0 Å². The standard InChI is InChI=1S/C18H30F3NO5/c1-10-4-5-13-11(2)17(18(19,20)21,24-9-8-22)26-15-14(13)12(10)6-7-16(3,25-15)27-23/h10-15,23H,4-9,22H2,1-3H3/t10-,11-,12+,13+,14?,15+,16-,17-/m1/s1. The second-order valence-corrected chi connectivity index (χ2v) is 8.42.